The van der Waals surface area contributed by atoms with Crippen LogP contribution in [0.2, 0.25) is 0 Å². The minimum absolute atomic E-state index is 0.0476. The first-order valence-electron chi connectivity index (χ1n) is 9.25. The first-order chi connectivity index (χ1) is 14.0. The number of aromatic nitrogens is 4. The SMILES string of the molecule is CC[C@@H](Sc1nnc2c(n1)[nH]c1ccccc12)C(=O)Nc1cccc(C(C)=O)c1. The molecule has 2 heterocycles. The van der Waals surface area contributed by atoms with E-state index in [0.717, 1.165) is 10.9 Å². The molecule has 2 aromatic heterocycles. The first-order valence-corrected chi connectivity index (χ1v) is 10.1. The number of amides is 1. The fourth-order valence-corrected chi connectivity index (χ4v) is 3.86. The monoisotopic (exact) mass is 405 g/mol. The van der Waals surface area contributed by atoms with Crippen molar-refractivity contribution >= 4 is 51.2 Å². The van der Waals surface area contributed by atoms with Crippen molar-refractivity contribution in [3.63, 3.8) is 0 Å². The predicted octanol–water partition coefficient (Wildman–Crippen LogP) is 4.22. The number of thioether (sulfide) groups is 1. The molecule has 1 amide bonds. The molecule has 0 saturated carbocycles. The highest BCUT2D eigenvalue weighted by atomic mass is 32.2. The number of para-hydroxylation sites is 1. The van der Waals surface area contributed by atoms with Crippen molar-refractivity contribution in [2.24, 2.45) is 0 Å². The molecular formula is C21H19N5O2S. The molecule has 0 unspecified atom stereocenters. The van der Waals surface area contributed by atoms with Crippen molar-refractivity contribution in [3.8, 4) is 0 Å². The Hall–Kier alpha value is -3.26. The number of benzene rings is 2. The average molecular weight is 405 g/mol. The van der Waals surface area contributed by atoms with Crippen molar-refractivity contribution in [2.45, 2.75) is 30.7 Å². The molecule has 8 heteroatoms. The van der Waals surface area contributed by atoms with E-state index in [4.69, 9.17) is 0 Å². The van der Waals surface area contributed by atoms with Crippen LogP contribution in [-0.2, 0) is 4.79 Å². The number of rotatable bonds is 6. The Kier molecular flexibility index (Phi) is 5.26. The van der Waals surface area contributed by atoms with Crippen LogP contribution >= 0.6 is 11.8 Å². The van der Waals surface area contributed by atoms with E-state index < -0.39 is 0 Å². The van der Waals surface area contributed by atoms with Crippen LogP contribution in [0.1, 0.15) is 30.6 Å². The molecule has 2 N–H and O–H groups in total. The van der Waals surface area contributed by atoms with Crippen LogP contribution in [0, 0.1) is 0 Å². The topological polar surface area (TPSA) is 101 Å². The number of hydrogen-bond acceptors (Lipinski definition) is 6. The average Bonchev–Trinajstić information content (AvgIpc) is 3.09. The number of H-pyrrole nitrogens is 1. The summed E-state index contributed by atoms with van der Waals surface area (Å²) < 4.78 is 0. The molecule has 146 valence electrons. The minimum atomic E-state index is -0.389. The first kappa shape index (κ1) is 19.1. The van der Waals surface area contributed by atoms with Crippen LogP contribution < -0.4 is 5.32 Å². The summed E-state index contributed by atoms with van der Waals surface area (Å²) in [4.78, 5) is 32.0. The summed E-state index contributed by atoms with van der Waals surface area (Å²) in [7, 11) is 0. The quantitative estimate of drug-likeness (QED) is 0.368. The lowest BCUT2D eigenvalue weighted by molar-refractivity contribution is -0.115. The number of anilines is 1. The lowest BCUT2D eigenvalue weighted by Crippen LogP contribution is -2.25. The van der Waals surface area contributed by atoms with Crippen molar-refractivity contribution in [3.05, 3.63) is 54.1 Å². The summed E-state index contributed by atoms with van der Waals surface area (Å²) in [6.45, 7) is 3.42. The number of aromatic amines is 1. The van der Waals surface area contributed by atoms with Gasteiger partial charge in [0.25, 0.3) is 0 Å². The summed E-state index contributed by atoms with van der Waals surface area (Å²) in [5.41, 5.74) is 3.45. The second-order valence-electron chi connectivity index (χ2n) is 6.60. The maximum Gasteiger partial charge on any atom is 0.237 e. The zero-order valence-electron chi connectivity index (χ0n) is 16.0. The van der Waals surface area contributed by atoms with Crippen LogP contribution in [0.5, 0.6) is 0 Å². The molecule has 0 saturated heterocycles. The summed E-state index contributed by atoms with van der Waals surface area (Å²) in [5, 5.41) is 12.4. The molecule has 0 spiro atoms. The van der Waals surface area contributed by atoms with Gasteiger partial charge in [0.05, 0.1) is 5.25 Å². The number of fused-ring (bicyclic) bond motifs is 3. The lowest BCUT2D eigenvalue weighted by atomic mass is 10.1. The van der Waals surface area contributed by atoms with Crippen LogP contribution in [0.15, 0.2) is 53.7 Å². The molecule has 0 aliphatic carbocycles. The van der Waals surface area contributed by atoms with Gasteiger partial charge in [-0.25, -0.2) is 4.98 Å². The number of nitrogens with zero attached hydrogens (tertiary/aromatic N) is 3. The number of carbonyl (C=O) groups excluding carboxylic acids is 2. The third-order valence-electron chi connectivity index (χ3n) is 4.55. The largest absolute Gasteiger partial charge is 0.338 e. The number of Topliss-reactive ketones (excluding diaryl/α,β-unsaturated/α-hetero) is 1. The molecule has 4 rings (SSSR count). The van der Waals surface area contributed by atoms with Gasteiger partial charge in [-0.1, -0.05) is 49.0 Å². The van der Waals surface area contributed by atoms with Gasteiger partial charge in [-0.2, -0.15) is 0 Å². The molecule has 0 bridgehead atoms. The zero-order valence-corrected chi connectivity index (χ0v) is 16.8. The lowest BCUT2D eigenvalue weighted by Gasteiger charge is -2.14. The highest BCUT2D eigenvalue weighted by molar-refractivity contribution is 8.00. The second kappa shape index (κ2) is 8.00. The van der Waals surface area contributed by atoms with Gasteiger partial charge in [0.2, 0.25) is 11.1 Å². The Morgan fingerprint density at radius 1 is 1.14 bits per heavy atom. The Morgan fingerprint density at radius 3 is 2.76 bits per heavy atom. The Balaban J connectivity index is 1.53. The summed E-state index contributed by atoms with van der Waals surface area (Å²) in [6.07, 6.45) is 0.594. The predicted molar refractivity (Wildman–Crippen MR) is 114 cm³/mol. The van der Waals surface area contributed by atoms with Crippen molar-refractivity contribution in [1.82, 2.24) is 20.2 Å². The van der Waals surface area contributed by atoms with Crippen molar-refractivity contribution < 1.29 is 9.59 Å². The van der Waals surface area contributed by atoms with Gasteiger partial charge in [-0.3, -0.25) is 9.59 Å². The molecule has 7 nitrogen and oxygen atoms in total. The summed E-state index contributed by atoms with van der Waals surface area (Å²) in [5.74, 6) is -0.216. The van der Waals surface area contributed by atoms with E-state index in [1.807, 2.05) is 31.2 Å². The van der Waals surface area contributed by atoms with E-state index in [1.54, 1.807) is 24.3 Å². The van der Waals surface area contributed by atoms with E-state index in [9.17, 15) is 9.59 Å². The van der Waals surface area contributed by atoms with Crippen LogP contribution in [0.25, 0.3) is 22.1 Å². The van der Waals surface area contributed by atoms with E-state index in [1.165, 1.54) is 18.7 Å². The van der Waals surface area contributed by atoms with Gasteiger partial charge in [0, 0.05) is 22.2 Å². The molecule has 2 aromatic carbocycles. The zero-order chi connectivity index (χ0) is 20.4. The Bertz CT molecular complexity index is 1220. The molecule has 0 radical (unpaired) electrons. The van der Waals surface area contributed by atoms with Gasteiger partial charge in [0.1, 0.15) is 5.52 Å². The molecular weight excluding hydrogens is 386 g/mol. The van der Waals surface area contributed by atoms with Crippen LogP contribution in [0.3, 0.4) is 0 Å². The van der Waals surface area contributed by atoms with E-state index in [-0.39, 0.29) is 16.9 Å². The molecule has 1 atom stereocenters. The van der Waals surface area contributed by atoms with Gasteiger partial charge >= 0.3 is 0 Å². The van der Waals surface area contributed by atoms with Gasteiger partial charge in [-0.15, -0.1) is 10.2 Å². The van der Waals surface area contributed by atoms with Gasteiger partial charge in [-0.05, 0) is 31.5 Å². The summed E-state index contributed by atoms with van der Waals surface area (Å²) in [6, 6.07) is 14.7. The van der Waals surface area contributed by atoms with Gasteiger partial charge < -0.3 is 10.3 Å². The highest BCUT2D eigenvalue weighted by Gasteiger charge is 2.21. The van der Waals surface area contributed by atoms with E-state index in [2.05, 4.69) is 25.5 Å². The maximum absolute atomic E-state index is 12.7. The molecule has 0 aliphatic rings. The van der Waals surface area contributed by atoms with Gasteiger partial charge in [0.15, 0.2) is 11.4 Å². The molecule has 4 aromatic rings. The van der Waals surface area contributed by atoms with Crippen molar-refractivity contribution in [2.75, 3.05) is 5.32 Å². The fraction of sp³-hybridized carbons (Fsp3) is 0.190. The van der Waals surface area contributed by atoms with Crippen LogP contribution in [-0.4, -0.2) is 37.1 Å². The minimum Gasteiger partial charge on any atom is -0.338 e. The summed E-state index contributed by atoms with van der Waals surface area (Å²) >= 11 is 1.27. The Labute approximate surface area is 171 Å². The molecule has 0 aliphatic heterocycles. The normalized spacial score (nSPS) is 12.2. The van der Waals surface area contributed by atoms with Crippen molar-refractivity contribution in [1.29, 1.82) is 0 Å². The molecule has 29 heavy (non-hydrogen) atoms. The Morgan fingerprint density at radius 2 is 1.97 bits per heavy atom. The third-order valence-corrected chi connectivity index (χ3v) is 5.77. The third kappa shape index (κ3) is 3.97. The standard InChI is InChI=1S/C21H19N5O2S/c1-3-17(20(28)22-14-8-6-7-13(11-14)12(2)27)29-21-24-19-18(25-26-21)15-9-4-5-10-16(15)23-19/h4-11,17H,3H2,1-2H3,(H,22,28)(H,23,24,26)/t17-/m1/s1. The highest BCUT2D eigenvalue weighted by Crippen LogP contribution is 2.27. The molecule has 0 fully saturated rings. The number of nitrogens with one attached hydrogen (secondary N) is 2. The van der Waals surface area contributed by atoms with E-state index in [0.29, 0.717) is 34.0 Å². The number of ketones is 1. The fourth-order valence-electron chi connectivity index (χ4n) is 3.04. The maximum atomic E-state index is 12.7. The number of hydrogen-bond donors (Lipinski definition) is 2. The smallest absolute Gasteiger partial charge is 0.237 e. The van der Waals surface area contributed by atoms with Crippen LogP contribution in [0.4, 0.5) is 5.69 Å². The van der Waals surface area contributed by atoms with E-state index >= 15 is 0 Å². The number of carbonyl (C=O) groups is 2. The second-order valence-corrected chi connectivity index (χ2v) is 7.77.